The third-order valence-electron chi connectivity index (χ3n) is 3.53. The quantitative estimate of drug-likeness (QED) is 0.894. The summed E-state index contributed by atoms with van der Waals surface area (Å²) >= 11 is 5.93. The van der Waals surface area contributed by atoms with E-state index in [1.54, 1.807) is 12.1 Å². The summed E-state index contributed by atoms with van der Waals surface area (Å²) in [6.07, 6.45) is 1.67. The van der Waals surface area contributed by atoms with Gasteiger partial charge in [-0.25, -0.2) is 0 Å². The van der Waals surface area contributed by atoms with Crippen LogP contribution in [0.1, 0.15) is 18.4 Å². The minimum Gasteiger partial charge on any atom is -0.381 e. The molecular formula is C14H19ClN2O2. The smallest absolute Gasteiger partial charge is 0.241 e. The van der Waals surface area contributed by atoms with Crippen LogP contribution in [0, 0.1) is 12.8 Å². The summed E-state index contributed by atoms with van der Waals surface area (Å²) in [4.78, 5) is 12.2. The van der Waals surface area contributed by atoms with Gasteiger partial charge in [0, 0.05) is 23.9 Å². The van der Waals surface area contributed by atoms with Crippen molar-refractivity contribution in [3.8, 4) is 0 Å². The Morgan fingerprint density at radius 1 is 1.47 bits per heavy atom. The number of rotatable bonds is 3. The van der Waals surface area contributed by atoms with Crippen molar-refractivity contribution < 1.29 is 9.53 Å². The molecule has 1 unspecified atom stereocenters. The molecular weight excluding hydrogens is 264 g/mol. The number of hydrogen-bond acceptors (Lipinski definition) is 3. The highest BCUT2D eigenvalue weighted by atomic mass is 35.5. The lowest BCUT2D eigenvalue weighted by atomic mass is 9.92. The Labute approximate surface area is 118 Å². The number of carbonyl (C=O) groups is 1. The first-order valence-electron chi connectivity index (χ1n) is 6.48. The van der Waals surface area contributed by atoms with Crippen molar-refractivity contribution in [1.29, 1.82) is 0 Å². The van der Waals surface area contributed by atoms with Crippen molar-refractivity contribution in [1.82, 2.24) is 0 Å². The van der Waals surface area contributed by atoms with Crippen molar-refractivity contribution >= 4 is 23.2 Å². The Morgan fingerprint density at radius 3 is 2.84 bits per heavy atom. The maximum absolute atomic E-state index is 12.2. The average Bonchev–Trinajstić information content (AvgIpc) is 2.43. The fourth-order valence-corrected chi connectivity index (χ4v) is 2.41. The van der Waals surface area contributed by atoms with Crippen LogP contribution in [0.2, 0.25) is 5.02 Å². The van der Waals surface area contributed by atoms with Gasteiger partial charge in [-0.15, -0.1) is 0 Å². The zero-order valence-electron chi connectivity index (χ0n) is 11.0. The van der Waals surface area contributed by atoms with Crippen LogP contribution < -0.4 is 11.1 Å². The summed E-state index contributed by atoms with van der Waals surface area (Å²) in [5, 5.41) is 3.46. The van der Waals surface area contributed by atoms with Gasteiger partial charge in [0.15, 0.2) is 0 Å². The Kier molecular flexibility index (Phi) is 4.80. The molecule has 0 aromatic heterocycles. The lowest BCUT2D eigenvalue weighted by molar-refractivity contribution is -0.119. The lowest BCUT2D eigenvalue weighted by Gasteiger charge is -2.27. The van der Waals surface area contributed by atoms with E-state index in [2.05, 4.69) is 5.32 Å². The molecule has 1 atom stereocenters. The van der Waals surface area contributed by atoms with Gasteiger partial charge in [-0.3, -0.25) is 4.79 Å². The standard InChI is InChI=1S/C14H19ClN2O2/c1-9-2-3-11(15)8-12(9)17-14(18)13(16)10-4-6-19-7-5-10/h2-3,8,10,13H,4-7,16H2,1H3,(H,17,18). The Hall–Kier alpha value is -1.10. The monoisotopic (exact) mass is 282 g/mol. The van der Waals surface area contributed by atoms with E-state index < -0.39 is 6.04 Å². The minimum absolute atomic E-state index is 0.155. The third-order valence-corrected chi connectivity index (χ3v) is 3.77. The van der Waals surface area contributed by atoms with Crippen molar-refractivity contribution in [2.24, 2.45) is 11.7 Å². The summed E-state index contributed by atoms with van der Waals surface area (Å²) in [6, 6.07) is 4.91. The topological polar surface area (TPSA) is 64.4 Å². The van der Waals surface area contributed by atoms with E-state index in [4.69, 9.17) is 22.1 Å². The van der Waals surface area contributed by atoms with Crippen LogP contribution in [-0.4, -0.2) is 25.2 Å². The molecule has 5 heteroatoms. The molecule has 1 aromatic rings. The fraction of sp³-hybridized carbons (Fsp3) is 0.500. The number of halogens is 1. The number of nitrogens with one attached hydrogen (secondary N) is 1. The van der Waals surface area contributed by atoms with Crippen molar-refractivity contribution in [3.05, 3.63) is 28.8 Å². The molecule has 1 fully saturated rings. The van der Waals surface area contributed by atoms with Crippen molar-refractivity contribution in [3.63, 3.8) is 0 Å². The largest absolute Gasteiger partial charge is 0.381 e. The molecule has 1 aliphatic rings. The maximum atomic E-state index is 12.2. The summed E-state index contributed by atoms with van der Waals surface area (Å²) in [5.74, 6) is 0.0329. The SMILES string of the molecule is Cc1ccc(Cl)cc1NC(=O)C(N)C1CCOCC1. The minimum atomic E-state index is -0.498. The first-order valence-corrected chi connectivity index (χ1v) is 6.86. The predicted octanol–water partition coefficient (Wildman–Crippen LogP) is 2.34. The highest BCUT2D eigenvalue weighted by molar-refractivity contribution is 6.31. The van der Waals surface area contributed by atoms with E-state index in [-0.39, 0.29) is 11.8 Å². The lowest BCUT2D eigenvalue weighted by Crippen LogP contribution is -2.44. The van der Waals surface area contributed by atoms with Crippen LogP contribution in [0.25, 0.3) is 0 Å². The molecule has 1 saturated heterocycles. The van der Waals surface area contributed by atoms with Gasteiger partial charge >= 0.3 is 0 Å². The van der Waals surface area contributed by atoms with E-state index in [0.29, 0.717) is 18.2 Å². The molecule has 3 N–H and O–H groups in total. The molecule has 1 aliphatic heterocycles. The zero-order chi connectivity index (χ0) is 13.8. The molecule has 0 saturated carbocycles. The van der Waals surface area contributed by atoms with Crippen LogP contribution in [0.3, 0.4) is 0 Å². The van der Waals surface area contributed by atoms with E-state index in [1.165, 1.54) is 0 Å². The van der Waals surface area contributed by atoms with Crippen molar-refractivity contribution in [2.45, 2.75) is 25.8 Å². The van der Waals surface area contributed by atoms with Gasteiger partial charge in [-0.05, 0) is 43.4 Å². The van der Waals surface area contributed by atoms with Gasteiger partial charge < -0.3 is 15.8 Å². The first-order chi connectivity index (χ1) is 9.08. The van der Waals surface area contributed by atoms with Gasteiger partial charge in [0.25, 0.3) is 0 Å². The third kappa shape index (κ3) is 3.69. The highest BCUT2D eigenvalue weighted by Gasteiger charge is 2.26. The van der Waals surface area contributed by atoms with E-state index >= 15 is 0 Å². The Morgan fingerprint density at radius 2 is 2.16 bits per heavy atom. The van der Waals surface area contributed by atoms with Gasteiger partial charge in [-0.1, -0.05) is 17.7 Å². The van der Waals surface area contributed by atoms with Crippen LogP contribution in [0.4, 0.5) is 5.69 Å². The summed E-state index contributed by atoms with van der Waals surface area (Å²) in [5.41, 5.74) is 7.72. The second kappa shape index (κ2) is 6.37. The molecule has 2 rings (SSSR count). The molecule has 4 nitrogen and oxygen atoms in total. The van der Waals surface area contributed by atoms with E-state index in [9.17, 15) is 4.79 Å². The van der Waals surface area contributed by atoms with Gasteiger partial charge in [-0.2, -0.15) is 0 Å². The molecule has 0 radical (unpaired) electrons. The molecule has 104 valence electrons. The van der Waals surface area contributed by atoms with Gasteiger partial charge in [0.05, 0.1) is 6.04 Å². The molecule has 0 aliphatic carbocycles. The van der Waals surface area contributed by atoms with Crippen LogP contribution >= 0.6 is 11.6 Å². The number of hydrogen-bond donors (Lipinski definition) is 2. The molecule has 1 heterocycles. The van der Waals surface area contributed by atoms with Gasteiger partial charge in [0.1, 0.15) is 0 Å². The van der Waals surface area contributed by atoms with Crippen LogP contribution in [-0.2, 0) is 9.53 Å². The predicted molar refractivity (Wildman–Crippen MR) is 76.3 cm³/mol. The zero-order valence-corrected chi connectivity index (χ0v) is 11.7. The first kappa shape index (κ1) is 14.3. The van der Waals surface area contributed by atoms with Crippen LogP contribution in [0.15, 0.2) is 18.2 Å². The maximum Gasteiger partial charge on any atom is 0.241 e. The Bertz CT molecular complexity index is 459. The number of anilines is 1. The molecule has 1 amide bonds. The number of aryl methyl sites for hydroxylation is 1. The number of nitrogens with two attached hydrogens (primary N) is 1. The normalized spacial score (nSPS) is 18.1. The second-order valence-corrected chi connectivity index (χ2v) is 5.36. The van der Waals surface area contributed by atoms with Gasteiger partial charge in [0.2, 0.25) is 5.91 Å². The fourth-order valence-electron chi connectivity index (χ4n) is 2.23. The highest BCUT2D eigenvalue weighted by Crippen LogP contribution is 2.22. The summed E-state index contributed by atoms with van der Waals surface area (Å²) in [6.45, 7) is 3.29. The summed E-state index contributed by atoms with van der Waals surface area (Å²) < 4.78 is 5.28. The molecule has 1 aromatic carbocycles. The number of carbonyl (C=O) groups excluding carboxylic acids is 1. The average molecular weight is 283 g/mol. The number of amides is 1. The Balaban J connectivity index is 2.01. The van der Waals surface area contributed by atoms with Crippen molar-refractivity contribution in [2.75, 3.05) is 18.5 Å². The number of benzene rings is 1. The molecule has 0 bridgehead atoms. The molecule has 0 spiro atoms. The van der Waals surface area contributed by atoms with E-state index in [1.807, 2.05) is 13.0 Å². The van der Waals surface area contributed by atoms with Crippen LogP contribution in [0.5, 0.6) is 0 Å². The second-order valence-electron chi connectivity index (χ2n) is 4.92. The molecule has 19 heavy (non-hydrogen) atoms. The number of ether oxygens (including phenoxy) is 1. The van der Waals surface area contributed by atoms with E-state index in [0.717, 1.165) is 24.1 Å². The summed E-state index contributed by atoms with van der Waals surface area (Å²) in [7, 11) is 0.